The number of ether oxygens (including phenoxy) is 1. The third-order valence-corrected chi connectivity index (χ3v) is 3.15. The zero-order valence-electron chi connectivity index (χ0n) is 12.6. The first-order valence-electron chi connectivity index (χ1n) is 6.89. The van der Waals surface area contributed by atoms with Gasteiger partial charge in [-0.3, -0.25) is 4.68 Å². The number of rotatable bonds is 2. The highest BCUT2D eigenvalue weighted by molar-refractivity contribution is 5.69. The molecular formula is C13H23N5O2. The van der Waals surface area contributed by atoms with Crippen LogP contribution in [0.4, 0.5) is 4.79 Å². The molecule has 0 spiro atoms. The summed E-state index contributed by atoms with van der Waals surface area (Å²) in [7, 11) is 1.81. The number of carbonyl (C=O) groups is 1. The van der Waals surface area contributed by atoms with Gasteiger partial charge in [0, 0.05) is 13.6 Å². The van der Waals surface area contributed by atoms with E-state index in [9.17, 15) is 4.79 Å². The smallest absolute Gasteiger partial charge is 0.408 e. The van der Waals surface area contributed by atoms with E-state index >= 15 is 0 Å². The predicted octanol–water partition coefficient (Wildman–Crippen LogP) is 0.918. The quantitative estimate of drug-likeness (QED) is 0.842. The molecule has 0 aliphatic carbocycles. The van der Waals surface area contributed by atoms with Crippen LogP contribution in [0.15, 0.2) is 6.33 Å². The molecule has 1 amide bonds. The second kappa shape index (κ2) is 5.40. The fourth-order valence-electron chi connectivity index (χ4n) is 2.32. The van der Waals surface area contributed by atoms with Gasteiger partial charge in [-0.05, 0) is 40.2 Å². The molecule has 7 nitrogen and oxygen atoms in total. The lowest BCUT2D eigenvalue weighted by atomic mass is 9.89. The van der Waals surface area contributed by atoms with Gasteiger partial charge >= 0.3 is 6.09 Å². The standard InChI is InChI=1S/C13H23N5O2/c1-12(2,3)20-11(19)16-13(6-5-7-14-8-13)10-15-9-18(4)17-10/h9,14H,5-8H2,1-4H3,(H,16,19). The summed E-state index contributed by atoms with van der Waals surface area (Å²) >= 11 is 0. The molecule has 20 heavy (non-hydrogen) atoms. The molecule has 1 atom stereocenters. The van der Waals surface area contributed by atoms with Crippen LogP contribution >= 0.6 is 0 Å². The topological polar surface area (TPSA) is 81.1 Å². The lowest BCUT2D eigenvalue weighted by molar-refractivity contribution is 0.0423. The molecule has 7 heteroatoms. The highest BCUT2D eigenvalue weighted by Crippen LogP contribution is 2.26. The van der Waals surface area contributed by atoms with Crippen molar-refractivity contribution in [3.63, 3.8) is 0 Å². The normalized spacial score (nSPS) is 23.4. The van der Waals surface area contributed by atoms with Crippen molar-refractivity contribution in [3.8, 4) is 0 Å². The lowest BCUT2D eigenvalue weighted by Crippen LogP contribution is -2.56. The fraction of sp³-hybridized carbons (Fsp3) is 0.769. The van der Waals surface area contributed by atoms with Crippen molar-refractivity contribution in [1.82, 2.24) is 25.4 Å². The van der Waals surface area contributed by atoms with Crippen molar-refractivity contribution < 1.29 is 9.53 Å². The summed E-state index contributed by atoms with van der Waals surface area (Å²) in [5, 5.41) is 10.6. The Hall–Kier alpha value is -1.63. The van der Waals surface area contributed by atoms with Crippen molar-refractivity contribution in [2.24, 2.45) is 7.05 Å². The number of amides is 1. The molecule has 1 unspecified atom stereocenters. The molecule has 1 aliphatic heterocycles. The van der Waals surface area contributed by atoms with E-state index in [1.165, 1.54) is 0 Å². The summed E-state index contributed by atoms with van der Waals surface area (Å²) < 4.78 is 6.99. The minimum atomic E-state index is -0.595. The third-order valence-electron chi connectivity index (χ3n) is 3.15. The van der Waals surface area contributed by atoms with Crippen LogP contribution in [0.25, 0.3) is 0 Å². The number of nitrogens with zero attached hydrogens (tertiary/aromatic N) is 3. The van der Waals surface area contributed by atoms with Gasteiger partial charge in [0.25, 0.3) is 0 Å². The summed E-state index contributed by atoms with van der Waals surface area (Å²) in [6.45, 7) is 7.08. The van der Waals surface area contributed by atoms with Gasteiger partial charge in [-0.25, -0.2) is 9.78 Å². The van der Waals surface area contributed by atoms with Crippen molar-refractivity contribution in [2.45, 2.75) is 44.8 Å². The van der Waals surface area contributed by atoms with Gasteiger partial charge in [-0.1, -0.05) is 0 Å². The molecule has 1 aromatic rings. The van der Waals surface area contributed by atoms with E-state index in [0.717, 1.165) is 19.4 Å². The first-order valence-corrected chi connectivity index (χ1v) is 6.89. The number of alkyl carbamates (subject to hydrolysis) is 1. The number of aryl methyl sites for hydroxylation is 1. The van der Waals surface area contributed by atoms with Crippen LogP contribution in [-0.4, -0.2) is 39.5 Å². The Morgan fingerprint density at radius 2 is 2.30 bits per heavy atom. The van der Waals surface area contributed by atoms with Crippen molar-refractivity contribution >= 4 is 6.09 Å². The van der Waals surface area contributed by atoms with Crippen LogP contribution in [0.2, 0.25) is 0 Å². The molecule has 2 rings (SSSR count). The Labute approximate surface area is 119 Å². The van der Waals surface area contributed by atoms with E-state index in [4.69, 9.17) is 4.74 Å². The predicted molar refractivity (Wildman–Crippen MR) is 74.2 cm³/mol. The Morgan fingerprint density at radius 3 is 2.80 bits per heavy atom. The molecule has 1 saturated heterocycles. The minimum Gasteiger partial charge on any atom is -0.444 e. The third kappa shape index (κ3) is 3.47. The van der Waals surface area contributed by atoms with E-state index in [0.29, 0.717) is 12.4 Å². The molecule has 1 aliphatic rings. The van der Waals surface area contributed by atoms with Gasteiger partial charge in [0.2, 0.25) is 0 Å². The highest BCUT2D eigenvalue weighted by atomic mass is 16.6. The van der Waals surface area contributed by atoms with Gasteiger partial charge in [0.15, 0.2) is 5.82 Å². The molecule has 1 fully saturated rings. The Kier molecular flexibility index (Phi) is 3.99. The van der Waals surface area contributed by atoms with Crippen molar-refractivity contribution in [3.05, 3.63) is 12.2 Å². The zero-order chi connectivity index (χ0) is 14.8. The molecule has 0 bridgehead atoms. The molecule has 1 aromatic heterocycles. The summed E-state index contributed by atoms with van der Waals surface area (Å²) in [5.74, 6) is 0.623. The maximum atomic E-state index is 12.1. The van der Waals surface area contributed by atoms with E-state index in [1.807, 2.05) is 27.8 Å². The average Bonchev–Trinajstić information content (AvgIpc) is 2.75. The monoisotopic (exact) mass is 281 g/mol. The number of piperidine rings is 1. The van der Waals surface area contributed by atoms with Gasteiger partial charge in [-0.2, -0.15) is 5.10 Å². The van der Waals surface area contributed by atoms with Gasteiger partial charge < -0.3 is 15.4 Å². The zero-order valence-corrected chi connectivity index (χ0v) is 12.6. The number of nitrogens with one attached hydrogen (secondary N) is 2. The highest BCUT2D eigenvalue weighted by Gasteiger charge is 2.40. The van der Waals surface area contributed by atoms with Gasteiger partial charge in [0.1, 0.15) is 17.5 Å². The summed E-state index contributed by atoms with van der Waals surface area (Å²) in [4.78, 5) is 16.4. The van der Waals surface area contributed by atoms with E-state index in [2.05, 4.69) is 20.7 Å². The van der Waals surface area contributed by atoms with E-state index < -0.39 is 17.2 Å². The number of carbonyl (C=O) groups excluding carboxylic acids is 1. The Balaban J connectivity index is 2.18. The molecule has 2 N–H and O–H groups in total. The van der Waals surface area contributed by atoms with Crippen LogP contribution < -0.4 is 10.6 Å². The van der Waals surface area contributed by atoms with Gasteiger partial charge in [-0.15, -0.1) is 0 Å². The molecular weight excluding hydrogens is 258 g/mol. The summed E-state index contributed by atoms with van der Waals surface area (Å²) in [6.07, 6.45) is 2.95. The molecule has 0 aromatic carbocycles. The van der Waals surface area contributed by atoms with E-state index in [1.54, 1.807) is 11.0 Å². The second-order valence-electron chi connectivity index (χ2n) is 6.23. The minimum absolute atomic E-state index is 0.436. The summed E-state index contributed by atoms with van der Waals surface area (Å²) in [6, 6.07) is 0. The van der Waals surface area contributed by atoms with Crippen molar-refractivity contribution in [2.75, 3.05) is 13.1 Å². The maximum Gasteiger partial charge on any atom is 0.408 e. The fourth-order valence-corrected chi connectivity index (χ4v) is 2.32. The van der Waals surface area contributed by atoms with Gasteiger partial charge in [0.05, 0.1) is 0 Å². The van der Waals surface area contributed by atoms with E-state index in [-0.39, 0.29) is 0 Å². The number of hydrogen-bond acceptors (Lipinski definition) is 5. The molecule has 112 valence electrons. The van der Waals surface area contributed by atoms with Crippen LogP contribution in [0.1, 0.15) is 39.4 Å². The first kappa shape index (κ1) is 14.8. The van der Waals surface area contributed by atoms with Crippen LogP contribution in [0.5, 0.6) is 0 Å². The van der Waals surface area contributed by atoms with Crippen LogP contribution in [0, 0.1) is 0 Å². The number of aromatic nitrogens is 3. The Bertz CT molecular complexity index is 471. The van der Waals surface area contributed by atoms with Crippen LogP contribution in [0.3, 0.4) is 0 Å². The number of hydrogen-bond donors (Lipinski definition) is 2. The first-order chi connectivity index (χ1) is 9.31. The lowest BCUT2D eigenvalue weighted by Gasteiger charge is -2.36. The molecule has 2 heterocycles. The average molecular weight is 281 g/mol. The SMILES string of the molecule is Cn1cnc(C2(NC(=O)OC(C)(C)C)CCCNC2)n1. The maximum absolute atomic E-state index is 12.1. The van der Waals surface area contributed by atoms with Crippen molar-refractivity contribution in [1.29, 1.82) is 0 Å². The second-order valence-corrected chi connectivity index (χ2v) is 6.23. The van der Waals surface area contributed by atoms with Crippen LogP contribution in [-0.2, 0) is 17.3 Å². The molecule has 0 saturated carbocycles. The molecule has 0 radical (unpaired) electrons. The Morgan fingerprint density at radius 1 is 1.55 bits per heavy atom. The largest absolute Gasteiger partial charge is 0.444 e. The summed E-state index contributed by atoms with van der Waals surface area (Å²) in [5.41, 5.74) is -1.12.